The van der Waals surface area contributed by atoms with Gasteiger partial charge in [-0.3, -0.25) is 33.8 Å². The van der Waals surface area contributed by atoms with Gasteiger partial charge < -0.3 is 45.4 Å². The highest BCUT2D eigenvalue weighted by Crippen LogP contribution is 2.50. The first kappa shape index (κ1) is 36.8. The summed E-state index contributed by atoms with van der Waals surface area (Å²) in [6.07, 6.45) is -2.06. The van der Waals surface area contributed by atoms with Gasteiger partial charge in [0.1, 0.15) is 12.2 Å². The number of anilines is 1. The number of imide groups is 1. The number of phenols is 2. The molecule has 1 aromatic carbocycles. The summed E-state index contributed by atoms with van der Waals surface area (Å²) in [5, 5.41) is 55.0. The SMILES string of the molecule is Nc1nc(/C(=N/O[C@@H](CC(=O)O)C(=O)O)C(=O)C[C@@H]2C(=O)N3C(C(=O)[O-])=C(C[N+]45CCC(CN6C(=O)c7cc(O)c(O)cc7C6=O)(CC4)C5)CS[C@H]23)cs1. The fourth-order valence-electron chi connectivity index (χ4n) is 8.14. The average molecular weight is 785 g/mol. The predicted molar refractivity (Wildman–Crippen MR) is 183 cm³/mol. The molecule has 6 heterocycles. The molecular weight excluding hydrogens is 753 g/mol. The Hall–Kier alpha value is -5.54. The number of aromatic nitrogens is 1. The van der Waals surface area contributed by atoms with Crippen LogP contribution in [0.15, 0.2) is 33.9 Å². The smallest absolute Gasteiger partial charge is 0.348 e. The van der Waals surface area contributed by atoms with Gasteiger partial charge >= 0.3 is 11.9 Å². The van der Waals surface area contributed by atoms with E-state index in [4.69, 9.17) is 15.7 Å². The molecule has 5 aliphatic heterocycles. The van der Waals surface area contributed by atoms with Crippen LogP contribution in [0.25, 0.3) is 0 Å². The second-order valence-corrected chi connectivity index (χ2v) is 16.1. The third-order valence-electron chi connectivity index (χ3n) is 10.7. The number of aliphatic carboxylic acids is 3. The van der Waals surface area contributed by atoms with Crippen molar-refractivity contribution in [3.05, 3.63) is 45.6 Å². The van der Waals surface area contributed by atoms with Crippen LogP contribution in [0, 0.1) is 11.3 Å². The fraction of sp³-hybridized carbons (Fsp3) is 0.424. The molecule has 0 spiro atoms. The van der Waals surface area contributed by atoms with Crippen molar-refractivity contribution in [2.45, 2.75) is 37.2 Å². The number of ketones is 1. The number of thiazole rings is 1. The number of β-lactam (4-membered cyclic amide) rings is 1. The number of carboxylic acid groups (broad SMARTS) is 3. The molecule has 284 valence electrons. The van der Waals surface area contributed by atoms with Gasteiger partial charge in [0.2, 0.25) is 12.0 Å². The van der Waals surface area contributed by atoms with Crippen LogP contribution in [-0.4, -0.2) is 137 Å². The molecule has 19 nitrogen and oxygen atoms in total. The molecule has 3 saturated heterocycles. The number of fused-ring (bicyclic) bond motifs is 4. The molecule has 6 N–H and O–H groups in total. The molecule has 0 aliphatic carbocycles. The number of piperidine rings is 1. The molecule has 54 heavy (non-hydrogen) atoms. The molecule has 3 fully saturated rings. The summed E-state index contributed by atoms with van der Waals surface area (Å²) >= 11 is 2.22. The number of hydrogen-bond donors (Lipinski definition) is 5. The number of hydrogen-bond acceptors (Lipinski definition) is 16. The number of rotatable bonds is 14. The second-order valence-electron chi connectivity index (χ2n) is 14.1. The van der Waals surface area contributed by atoms with Gasteiger partial charge in [0.25, 0.3) is 11.8 Å². The van der Waals surface area contributed by atoms with Crippen molar-refractivity contribution < 1.29 is 68.4 Å². The van der Waals surface area contributed by atoms with E-state index in [9.17, 15) is 54.0 Å². The quantitative estimate of drug-likeness (QED) is 0.0391. The summed E-state index contributed by atoms with van der Waals surface area (Å²) in [6.45, 7) is 2.20. The van der Waals surface area contributed by atoms with Gasteiger partial charge in [-0.15, -0.1) is 23.1 Å². The number of thioether (sulfide) groups is 1. The average Bonchev–Trinajstić information content (AvgIpc) is 3.86. The van der Waals surface area contributed by atoms with Gasteiger partial charge in [-0.1, -0.05) is 5.16 Å². The van der Waals surface area contributed by atoms with Gasteiger partial charge in [0, 0.05) is 47.9 Å². The number of nitrogens with zero attached hydrogens (tertiary/aromatic N) is 5. The number of Topliss-reactive ketones (excluding diaryl/α,β-unsaturated/α-hetero) is 1. The maximum atomic E-state index is 13.5. The van der Waals surface area contributed by atoms with Gasteiger partial charge in [-0.2, -0.15) is 0 Å². The first-order valence-electron chi connectivity index (χ1n) is 16.6. The second kappa shape index (κ2) is 13.4. The van der Waals surface area contributed by atoms with Crippen LogP contribution in [-0.2, 0) is 28.8 Å². The van der Waals surface area contributed by atoms with Crippen LogP contribution >= 0.6 is 23.1 Å². The Labute approximate surface area is 312 Å². The number of carbonyl (C=O) groups is 7. The van der Waals surface area contributed by atoms with E-state index >= 15 is 0 Å². The van der Waals surface area contributed by atoms with Crippen molar-refractivity contribution in [3.63, 3.8) is 0 Å². The first-order valence-corrected chi connectivity index (χ1v) is 18.5. The molecule has 3 amide bonds. The summed E-state index contributed by atoms with van der Waals surface area (Å²) in [4.78, 5) is 99.8. The topological polar surface area (TPSA) is 290 Å². The standard InChI is InChI=1S/C33H32N6O13S2/c34-32-35-18(11-54-32)24(36-52-22(30(48)49)8-23(43)44)21(42)7-17-28(47)38-25(31(50)51)14(10-53-29(17)38)9-39-3-1-33(13-39,2-4-39)12-37-26(45)15-5-19(40)20(41)6-16(15)27(37)46/h5-6,11,17,22,29H,1-4,7-10,12-13H2,(H6-,34,35,36,40,41,42,43,44,45,46,48,49,50,51)/t17-,22+,29-,33?,39?/m1/s1. The molecule has 0 unspecified atom stereocenters. The van der Waals surface area contributed by atoms with E-state index in [1.54, 1.807) is 0 Å². The normalized spacial score (nSPS) is 26.4. The highest BCUT2D eigenvalue weighted by atomic mass is 32.2. The lowest BCUT2D eigenvalue weighted by Crippen LogP contribution is -2.63. The van der Waals surface area contributed by atoms with Crippen molar-refractivity contribution in [1.82, 2.24) is 14.8 Å². The zero-order valence-corrected chi connectivity index (χ0v) is 29.8. The first-order chi connectivity index (χ1) is 25.5. The summed E-state index contributed by atoms with van der Waals surface area (Å²) in [6, 6.07) is 2.15. The van der Waals surface area contributed by atoms with E-state index < -0.39 is 94.3 Å². The lowest BCUT2D eigenvalue weighted by atomic mass is 9.84. The number of benzene rings is 1. The summed E-state index contributed by atoms with van der Waals surface area (Å²) < 4.78 is 0.474. The van der Waals surface area contributed by atoms with Crippen LogP contribution in [0.4, 0.5) is 5.13 Å². The Kier molecular flexibility index (Phi) is 9.13. The third-order valence-corrected chi connectivity index (χ3v) is 12.8. The van der Waals surface area contributed by atoms with E-state index in [1.165, 1.54) is 17.1 Å². The van der Waals surface area contributed by atoms with Crippen LogP contribution < -0.4 is 10.8 Å². The van der Waals surface area contributed by atoms with Crippen LogP contribution in [0.2, 0.25) is 0 Å². The van der Waals surface area contributed by atoms with E-state index in [1.807, 2.05) is 0 Å². The highest BCUT2D eigenvalue weighted by Gasteiger charge is 2.59. The van der Waals surface area contributed by atoms with Crippen molar-refractivity contribution >= 4 is 75.4 Å². The maximum Gasteiger partial charge on any atom is 0.348 e. The van der Waals surface area contributed by atoms with Gasteiger partial charge in [-0.05, 0) is 12.1 Å². The van der Waals surface area contributed by atoms with Crippen LogP contribution in [0.1, 0.15) is 52.1 Å². The Morgan fingerprint density at radius 1 is 1.09 bits per heavy atom. The predicted octanol–water partition coefficient (Wildman–Crippen LogP) is -0.814. The zero-order valence-electron chi connectivity index (χ0n) is 28.1. The van der Waals surface area contributed by atoms with E-state index in [-0.39, 0.29) is 46.5 Å². The molecule has 5 aliphatic rings. The molecule has 0 saturated carbocycles. The molecule has 0 radical (unpaired) electrons. The molecular formula is C33H32N6O13S2. The van der Waals surface area contributed by atoms with Crippen molar-refractivity contribution in [3.8, 4) is 11.5 Å². The summed E-state index contributed by atoms with van der Waals surface area (Å²) in [7, 11) is 0. The number of nitrogens with two attached hydrogens (primary N) is 1. The maximum absolute atomic E-state index is 13.5. The Morgan fingerprint density at radius 2 is 1.74 bits per heavy atom. The Bertz CT molecular complexity index is 2060. The number of nitrogen functional groups attached to an aromatic ring is 1. The molecule has 21 heteroatoms. The molecule has 2 aromatic rings. The molecule has 1 aromatic heterocycles. The fourth-order valence-corrected chi connectivity index (χ4v) is 10.1. The number of amides is 3. The number of phenolic OH excluding ortho intramolecular Hbond substituents is 2. The van der Waals surface area contributed by atoms with Crippen LogP contribution in [0.3, 0.4) is 0 Å². The van der Waals surface area contributed by atoms with E-state index in [2.05, 4.69) is 10.1 Å². The van der Waals surface area contributed by atoms with Gasteiger partial charge in [0.15, 0.2) is 28.1 Å². The number of quaternary nitrogens is 1. The minimum atomic E-state index is -1.93. The van der Waals surface area contributed by atoms with Crippen molar-refractivity contribution in [1.29, 1.82) is 0 Å². The van der Waals surface area contributed by atoms with Crippen LogP contribution in [0.5, 0.6) is 11.5 Å². The number of oxime groups is 1. The zero-order chi connectivity index (χ0) is 38.9. The number of carbonyl (C=O) groups excluding carboxylic acids is 5. The minimum absolute atomic E-state index is 0.00689. The van der Waals surface area contributed by atoms with Gasteiger partial charge in [0.05, 0.1) is 60.1 Å². The third kappa shape index (κ3) is 6.30. The lowest BCUT2D eigenvalue weighted by Gasteiger charge is -2.51. The highest BCUT2D eigenvalue weighted by molar-refractivity contribution is 8.00. The Balaban J connectivity index is 1.05. The number of carboxylic acids is 3. The van der Waals surface area contributed by atoms with Crippen molar-refractivity contribution in [2.24, 2.45) is 16.5 Å². The monoisotopic (exact) mass is 784 g/mol. The lowest BCUT2D eigenvalue weighted by molar-refractivity contribution is -0.905. The minimum Gasteiger partial charge on any atom is -0.543 e. The molecule has 7 rings (SSSR count). The van der Waals surface area contributed by atoms with E-state index in [0.717, 1.165) is 33.3 Å². The molecule has 2 bridgehead atoms. The van der Waals surface area contributed by atoms with E-state index in [0.29, 0.717) is 42.5 Å². The van der Waals surface area contributed by atoms with Gasteiger partial charge in [-0.25, -0.2) is 9.78 Å². The molecule has 3 atom stereocenters. The van der Waals surface area contributed by atoms with Crippen molar-refractivity contribution in [2.75, 3.05) is 44.2 Å². The summed E-state index contributed by atoms with van der Waals surface area (Å²) in [5.41, 5.74) is 4.92. The Morgan fingerprint density at radius 3 is 2.30 bits per heavy atom. The largest absolute Gasteiger partial charge is 0.543 e. The number of aromatic hydroxyl groups is 2. The summed E-state index contributed by atoms with van der Waals surface area (Å²) in [5.74, 6) is -9.06.